The molecule has 0 saturated heterocycles. The first kappa shape index (κ1) is 23.8. The SMILES string of the molecule is CCc1ccc(Br)c(-c2ccccc2)c1.COc1ccc(B(O)O)c(-c2ccccc2)c1. The number of hydrogen-bond acceptors (Lipinski definition) is 3. The lowest BCUT2D eigenvalue weighted by Gasteiger charge is -2.11. The van der Waals surface area contributed by atoms with Crippen molar-refractivity contribution in [3.8, 4) is 28.0 Å². The highest BCUT2D eigenvalue weighted by Gasteiger charge is 2.17. The molecule has 0 saturated carbocycles. The van der Waals surface area contributed by atoms with Crippen LogP contribution in [0.1, 0.15) is 12.5 Å². The summed E-state index contributed by atoms with van der Waals surface area (Å²) in [6.45, 7) is 2.18. The normalized spacial score (nSPS) is 10.2. The number of hydrogen-bond donors (Lipinski definition) is 2. The monoisotopic (exact) mass is 488 g/mol. The molecule has 4 rings (SSSR count). The van der Waals surface area contributed by atoms with Crippen molar-refractivity contribution >= 4 is 28.5 Å². The van der Waals surface area contributed by atoms with Crippen molar-refractivity contribution in [2.45, 2.75) is 13.3 Å². The second-order valence-corrected chi connectivity index (χ2v) is 8.08. The molecule has 32 heavy (non-hydrogen) atoms. The molecule has 2 N–H and O–H groups in total. The third kappa shape index (κ3) is 6.10. The first-order chi connectivity index (χ1) is 15.5. The fourth-order valence-electron chi connectivity index (χ4n) is 3.39. The predicted molar refractivity (Wildman–Crippen MR) is 137 cm³/mol. The van der Waals surface area contributed by atoms with Gasteiger partial charge in [0.25, 0.3) is 0 Å². The molecule has 0 atom stereocenters. The summed E-state index contributed by atoms with van der Waals surface area (Å²) in [5.41, 5.74) is 6.07. The zero-order valence-electron chi connectivity index (χ0n) is 18.2. The van der Waals surface area contributed by atoms with Gasteiger partial charge in [0, 0.05) is 4.47 Å². The highest BCUT2D eigenvalue weighted by Crippen LogP contribution is 2.29. The van der Waals surface area contributed by atoms with Gasteiger partial charge in [0.05, 0.1) is 7.11 Å². The lowest BCUT2D eigenvalue weighted by Crippen LogP contribution is -2.31. The van der Waals surface area contributed by atoms with Crippen LogP contribution in [-0.2, 0) is 6.42 Å². The molecule has 4 aromatic rings. The zero-order chi connectivity index (χ0) is 22.9. The Morgan fingerprint density at radius 2 is 1.34 bits per heavy atom. The summed E-state index contributed by atoms with van der Waals surface area (Å²) in [5.74, 6) is 0.688. The van der Waals surface area contributed by atoms with Gasteiger partial charge in [-0.15, -0.1) is 0 Å². The van der Waals surface area contributed by atoms with E-state index in [4.69, 9.17) is 4.74 Å². The van der Waals surface area contributed by atoms with Crippen LogP contribution in [0.5, 0.6) is 5.75 Å². The maximum atomic E-state index is 9.34. The van der Waals surface area contributed by atoms with Crippen LogP contribution >= 0.6 is 15.9 Å². The van der Waals surface area contributed by atoms with E-state index in [2.05, 4.69) is 65.3 Å². The molecule has 0 radical (unpaired) electrons. The van der Waals surface area contributed by atoms with Crippen molar-refractivity contribution in [1.29, 1.82) is 0 Å². The lowest BCUT2D eigenvalue weighted by molar-refractivity contribution is 0.414. The van der Waals surface area contributed by atoms with Crippen LogP contribution in [-0.4, -0.2) is 24.3 Å². The average molecular weight is 489 g/mol. The smallest absolute Gasteiger partial charge is 0.489 e. The van der Waals surface area contributed by atoms with Crippen molar-refractivity contribution in [2.75, 3.05) is 7.11 Å². The van der Waals surface area contributed by atoms with Gasteiger partial charge in [-0.05, 0) is 57.9 Å². The summed E-state index contributed by atoms with van der Waals surface area (Å²) < 4.78 is 6.31. The Kier molecular flexibility index (Phi) is 8.68. The van der Waals surface area contributed by atoms with E-state index in [9.17, 15) is 10.0 Å². The topological polar surface area (TPSA) is 49.7 Å². The molecule has 3 nitrogen and oxygen atoms in total. The van der Waals surface area contributed by atoms with Crippen LogP contribution in [0.25, 0.3) is 22.3 Å². The Labute approximate surface area is 198 Å². The molecule has 0 aliphatic rings. The van der Waals surface area contributed by atoms with Crippen LogP contribution in [0, 0.1) is 0 Å². The predicted octanol–water partition coefficient (Wildman–Crippen LogP) is 5.72. The van der Waals surface area contributed by atoms with Crippen LogP contribution in [0.15, 0.2) is 102 Å². The maximum Gasteiger partial charge on any atom is 0.489 e. The van der Waals surface area contributed by atoms with E-state index in [-0.39, 0.29) is 0 Å². The van der Waals surface area contributed by atoms with Gasteiger partial charge in [0.2, 0.25) is 0 Å². The molecule has 5 heteroatoms. The van der Waals surface area contributed by atoms with Crippen molar-refractivity contribution in [2.24, 2.45) is 0 Å². The molecule has 0 amide bonds. The van der Waals surface area contributed by atoms with Gasteiger partial charge in [-0.3, -0.25) is 0 Å². The molecule has 0 heterocycles. The second-order valence-electron chi connectivity index (χ2n) is 7.23. The summed E-state index contributed by atoms with van der Waals surface area (Å²) in [5, 5.41) is 18.7. The lowest BCUT2D eigenvalue weighted by atomic mass is 9.75. The number of rotatable bonds is 5. The first-order valence-corrected chi connectivity index (χ1v) is 11.3. The maximum absolute atomic E-state index is 9.34. The van der Waals surface area contributed by atoms with E-state index >= 15 is 0 Å². The Bertz CT molecular complexity index is 1130. The molecule has 0 unspecified atom stereocenters. The second kappa shape index (κ2) is 11.7. The summed E-state index contributed by atoms with van der Waals surface area (Å²) >= 11 is 3.60. The van der Waals surface area contributed by atoms with E-state index in [1.165, 1.54) is 16.7 Å². The fourth-order valence-corrected chi connectivity index (χ4v) is 3.86. The number of aryl methyl sites for hydroxylation is 1. The number of methoxy groups -OCH3 is 1. The Hall–Kier alpha value is -2.86. The summed E-state index contributed by atoms with van der Waals surface area (Å²) in [6.07, 6.45) is 1.08. The number of benzene rings is 4. The van der Waals surface area contributed by atoms with Crippen molar-refractivity contribution in [3.05, 3.63) is 107 Å². The Morgan fingerprint density at radius 1 is 0.750 bits per heavy atom. The molecule has 0 bridgehead atoms. The molecule has 0 fully saturated rings. The van der Waals surface area contributed by atoms with E-state index in [0.29, 0.717) is 11.2 Å². The van der Waals surface area contributed by atoms with E-state index in [1.54, 1.807) is 25.3 Å². The van der Waals surface area contributed by atoms with Crippen LogP contribution < -0.4 is 10.2 Å². The van der Waals surface area contributed by atoms with Crippen molar-refractivity contribution in [1.82, 2.24) is 0 Å². The van der Waals surface area contributed by atoms with Gasteiger partial charge >= 0.3 is 7.12 Å². The number of halogens is 1. The third-order valence-corrected chi connectivity index (χ3v) is 5.84. The first-order valence-electron chi connectivity index (χ1n) is 10.5. The van der Waals surface area contributed by atoms with Gasteiger partial charge in [0.15, 0.2) is 0 Å². The molecule has 0 aromatic heterocycles. The highest BCUT2D eigenvalue weighted by molar-refractivity contribution is 9.10. The standard InChI is InChI=1S/C14H13Br.C13H13BO3/c1-2-11-8-9-14(15)13(10-11)12-6-4-3-5-7-12;1-17-11-7-8-13(14(15)16)12(9-11)10-5-3-2-4-6-10/h3-10H,2H2,1H3;2-9,15-16H,1H3. The van der Waals surface area contributed by atoms with Gasteiger partial charge in [0.1, 0.15) is 5.75 Å². The molecular formula is C27H26BBrO3. The van der Waals surface area contributed by atoms with Gasteiger partial charge in [-0.2, -0.15) is 0 Å². The molecule has 162 valence electrons. The van der Waals surface area contributed by atoms with Crippen LogP contribution in [0.4, 0.5) is 0 Å². The summed E-state index contributed by atoms with van der Waals surface area (Å²) in [4.78, 5) is 0. The van der Waals surface area contributed by atoms with E-state index in [1.807, 2.05) is 36.4 Å². The highest BCUT2D eigenvalue weighted by atomic mass is 79.9. The van der Waals surface area contributed by atoms with E-state index in [0.717, 1.165) is 22.0 Å². The minimum absolute atomic E-state index is 0.469. The zero-order valence-corrected chi connectivity index (χ0v) is 19.8. The minimum Gasteiger partial charge on any atom is -0.497 e. The van der Waals surface area contributed by atoms with Crippen molar-refractivity contribution < 1.29 is 14.8 Å². The van der Waals surface area contributed by atoms with Gasteiger partial charge < -0.3 is 14.8 Å². The number of ether oxygens (including phenoxy) is 1. The van der Waals surface area contributed by atoms with Crippen LogP contribution in [0.3, 0.4) is 0 Å². The molecule has 0 aliphatic carbocycles. The van der Waals surface area contributed by atoms with Crippen LogP contribution in [0.2, 0.25) is 0 Å². The molecule has 0 aliphatic heterocycles. The Balaban J connectivity index is 0.000000182. The average Bonchev–Trinajstić information content (AvgIpc) is 2.85. The van der Waals surface area contributed by atoms with Gasteiger partial charge in [-0.25, -0.2) is 0 Å². The summed E-state index contributed by atoms with van der Waals surface area (Å²) in [6, 6.07) is 31.7. The molecule has 4 aromatic carbocycles. The minimum atomic E-state index is -1.49. The quantitative estimate of drug-likeness (QED) is 0.353. The van der Waals surface area contributed by atoms with Crippen molar-refractivity contribution in [3.63, 3.8) is 0 Å². The fraction of sp³-hybridized carbons (Fsp3) is 0.111. The van der Waals surface area contributed by atoms with Gasteiger partial charge in [-0.1, -0.05) is 102 Å². The largest absolute Gasteiger partial charge is 0.497 e. The summed E-state index contributed by atoms with van der Waals surface area (Å²) in [7, 11) is 0.0928. The molecular weight excluding hydrogens is 463 g/mol. The molecule has 0 spiro atoms. The van der Waals surface area contributed by atoms with E-state index < -0.39 is 7.12 Å². The third-order valence-electron chi connectivity index (χ3n) is 5.15. The Morgan fingerprint density at radius 3 is 1.88 bits per heavy atom.